The number of nitrogens with zero attached hydrogens (tertiary/aromatic N) is 5. The van der Waals surface area contributed by atoms with Crippen molar-refractivity contribution in [2.24, 2.45) is 7.05 Å². The fourth-order valence-electron chi connectivity index (χ4n) is 3.39. The number of imidazole rings is 1. The molecule has 1 aliphatic heterocycles. The van der Waals surface area contributed by atoms with Crippen molar-refractivity contribution in [1.29, 1.82) is 0 Å². The third-order valence-electron chi connectivity index (χ3n) is 4.92. The van der Waals surface area contributed by atoms with Gasteiger partial charge >= 0.3 is 0 Å². The Kier molecular flexibility index (Phi) is 4.71. The SMILES string of the molecule is CCN1CCN(C(=O)Cc2c(C)noc2C)C[C@H]1c1nccn1C. The monoisotopic (exact) mass is 331 g/mol. The van der Waals surface area contributed by atoms with Crippen molar-refractivity contribution in [1.82, 2.24) is 24.5 Å². The smallest absolute Gasteiger partial charge is 0.227 e. The maximum Gasteiger partial charge on any atom is 0.227 e. The zero-order chi connectivity index (χ0) is 17.3. The van der Waals surface area contributed by atoms with Gasteiger partial charge in [0.25, 0.3) is 0 Å². The molecule has 130 valence electrons. The molecule has 2 aromatic rings. The first-order valence-corrected chi connectivity index (χ1v) is 8.42. The molecule has 1 atom stereocenters. The van der Waals surface area contributed by atoms with Crippen LogP contribution >= 0.6 is 0 Å². The number of hydrogen-bond donors (Lipinski definition) is 0. The number of aromatic nitrogens is 3. The second-order valence-electron chi connectivity index (χ2n) is 6.36. The molecule has 1 aliphatic rings. The quantitative estimate of drug-likeness (QED) is 0.849. The molecule has 7 nitrogen and oxygen atoms in total. The Morgan fingerprint density at radius 2 is 2.17 bits per heavy atom. The number of hydrogen-bond acceptors (Lipinski definition) is 5. The molecular weight excluding hydrogens is 306 g/mol. The van der Waals surface area contributed by atoms with E-state index in [1.807, 2.05) is 42.8 Å². The van der Waals surface area contributed by atoms with E-state index in [2.05, 4.69) is 22.0 Å². The zero-order valence-corrected chi connectivity index (χ0v) is 14.8. The van der Waals surface area contributed by atoms with Gasteiger partial charge in [-0.15, -0.1) is 0 Å². The fraction of sp³-hybridized carbons (Fsp3) is 0.588. The summed E-state index contributed by atoms with van der Waals surface area (Å²) in [6.07, 6.45) is 4.11. The highest BCUT2D eigenvalue weighted by atomic mass is 16.5. The van der Waals surface area contributed by atoms with Crippen molar-refractivity contribution in [2.45, 2.75) is 33.2 Å². The van der Waals surface area contributed by atoms with Crippen molar-refractivity contribution in [2.75, 3.05) is 26.2 Å². The molecule has 0 N–H and O–H groups in total. The first-order chi connectivity index (χ1) is 11.5. The minimum absolute atomic E-state index is 0.124. The van der Waals surface area contributed by atoms with Gasteiger partial charge in [-0.25, -0.2) is 4.98 Å². The highest BCUT2D eigenvalue weighted by molar-refractivity contribution is 5.79. The van der Waals surface area contributed by atoms with Crippen molar-refractivity contribution >= 4 is 5.91 Å². The van der Waals surface area contributed by atoms with E-state index in [4.69, 9.17) is 4.52 Å². The molecule has 0 spiro atoms. The first kappa shape index (κ1) is 16.7. The number of carbonyl (C=O) groups excluding carboxylic acids is 1. The maximum atomic E-state index is 12.8. The second kappa shape index (κ2) is 6.76. The van der Waals surface area contributed by atoms with E-state index in [1.165, 1.54) is 0 Å². The number of carbonyl (C=O) groups is 1. The van der Waals surface area contributed by atoms with E-state index in [-0.39, 0.29) is 11.9 Å². The first-order valence-electron chi connectivity index (χ1n) is 8.42. The summed E-state index contributed by atoms with van der Waals surface area (Å²) in [5.41, 5.74) is 1.71. The molecule has 3 rings (SSSR count). The summed E-state index contributed by atoms with van der Waals surface area (Å²) in [5, 5.41) is 3.94. The molecule has 1 fully saturated rings. The summed E-state index contributed by atoms with van der Waals surface area (Å²) < 4.78 is 7.21. The van der Waals surface area contributed by atoms with Gasteiger partial charge in [0.2, 0.25) is 5.91 Å². The van der Waals surface area contributed by atoms with Gasteiger partial charge in [-0.3, -0.25) is 9.69 Å². The molecular formula is C17H25N5O2. The van der Waals surface area contributed by atoms with Crippen LogP contribution in [0.25, 0.3) is 0 Å². The minimum Gasteiger partial charge on any atom is -0.361 e. The lowest BCUT2D eigenvalue weighted by molar-refractivity contribution is -0.133. The molecule has 0 radical (unpaired) electrons. The van der Waals surface area contributed by atoms with Crippen molar-refractivity contribution in [3.05, 3.63) is 35.2 Å². The lowest BCUT2D eigenvalue weighted by atomic mass is 10.1. The summed E-state index contributed by atoms with van der Waals surface area (Å²) in [5.74, 6) is 1.86. The Morgan fingerprint density at radius 1 is 1.38 bits per heavy atom. The van der Waals surface area contributed by atoms with Crippen molar-refractivity contribution in [3.63, 3.8) is 0 Å². The topological polar surface area (TPSA) is 67.4 Å². The van der Waals surface area contributed by atoms with Gasteiger partial charge in [-0.1, -0.05) is 12.1 Å². The van der Waals surface area contributed by atoms with E-state index < -0.39 is 0 Å². The van der Waals surface area contributed by atoms with Crippen LogP contribution in [0.5, 0.6) is 0 Å². The Morgan fingerprint density at radius 3 is 2.75 bits per heavy atom. The van der Waals surface area contributed by atoms with Gasteiger partial charge in [0.15, 0.2) is 0 Å². The van der Waals surface area contributed by atoms with Crippen LogP contribution in [-0.4, -0.2) is 56.6 Å². The predicted molar refractivity (Wildman–Crippen MR) is 89.5 cm³/mol. The minimum atomic E-state index is 0.124. The Bertz CT molecular complexity index is 701. The van der Waals surface area contributed by atoms with Crippen LogP contribution in [-0.2, 0) is 18.3 Å². The number of amides is 1. The van der Waals surface area contributed by atoms with Crippen molar-refractivity contribution < 1.29 is 9.32 Å². The molecule has 0 aromatic carbocycles. The van der Waals surface area contributed by atoms with Crippen LogP contribution in [0.2, 0.25) is 0 Å². The highest BCUT2D eigenvalue weighted by Gasteiger charge is 2.32. The Labute approximate surface area is 142 Å². The second-order valence-corrected chi connectivity index (χ2v) is 6.36. The molecule has 1 amide bonds. The summed E-state index contributed by atoms with van der Waals surface area (Å²) in [6.45, 7) is 9.11. The van der Waals surface area contributed by atoms with E-state index in [1.54, 1.807) is 0 Å². The lowest BCUT2D eigenvalue weighted by Crippen LogP contribution is -2.51. The van der Waals surface area contributed by atoms with Crippen LogP contribution < -0.4 is 0 Å². The third-order valence-corrected chi connectivity index (χ3v) is 4.92. The number of rotatable bonds is 4. The maximum absolute atomic E-state index is 12.8. The van der Waals surface area contributed by atoms with Gasteiger partial charge in [0.05, 0.1) is 18.2 Å². The van der Waals surface area contributed by atoms with Crippen LogP contribution in [0.3, 0.4) is 0 Å². The van der Waals surface area contributed by atoms with E-state index in [9.17, 15) is 4.79 Å². The molecule has 3 heterocycles. The van der Waals surface area contributed by atoms with Crippen molar-refractivity contribution in [3.8, 4) is 0 Å². The third kappa shape index (κ3) is 3.08. The average molecular weight is 331 g/mol. The van der Waals surface area contributed by atoms with Crippen LogP contribution in [0, 0.1) is 13.8 Å². The number of piperazine rings is 1. The Hall–Kier alpha value is -2.15. The molecule has 1 saturated heterocycles. The van der Waals surface area contributed by atoms with E-state index in [0.717, 1.165) is 42.5 Å². The number of likely N-dealkylation sites (N-methyl/N-ethyl adjacent to an activating group) is 1. The van der Waals surface area contributed by atoms with Crippen LogP contribution in [0.15, 0.2) is 16.9 Å². The molecule has 0 aliphatic carbocycles. The summed E-state index contributed by atoms with van der Waals surface area (Å²) >= 11 is 0. The predicted octanol–water partition coefficient (Wildman–Crippen LogP) is 1.47. The molecule has 7 heteroatoms. The zero-order valence-electron chi connectivity index (χ0n) is 14.8. The van der Waals surface area contributed by atoms with Crippen LogP contribution in [0.4, 0.5) is 0 Å². The molecule has 0 unspecified atom stereocenters. The molecule has 2 aromatic heterocycles. The van der Waals surface area contributed by atoms with Gasteiger partial charge in [0, 0.05) is 44.6 Å². The molecule has 24 heavy (non-hydrogen) atoms. The average Bonchev–Trinajstić information content (AvgIpc) is 3.14. The van der Waals surface area contributed by atoms with Gasteiger partial charge in [0.1, 0.15) is 11.6 Å². The Balaban J connectivity index is 1.75. The molecule has 0 bridgehead atoms. The van der Waals surface area contributed by atoms with Gasteiger partial charge in [-0.2, -0.15) is 0 Å². The summed E-state index contributed by atoms with van der Waals surface area (Å²) in [4.78, 5) is 21.6. The van der Waals surface area contributed by atoms with E-state index in [0.29, 0.717) is 13.0 Å². The highest BCUT2D eigenvalue weighted by Crippen LogP contribution is 2.24. The molecule has 0 saturated carbocycles. The lowest BCUT2D eigenvalue weighted by Gasteiger charge is -2.40. The van der Waals surface area contributed by atoms with Crippen LogP contribution in [0.1, 0.15) is 35.8 Å². The van der Waals surface area contributed by atoms with E-state index >= 15 is 0 Å². The number of aryl methyl sites for hydroxylation is 3. The van der Waals surface area contributed by atoms with Gasteiger partial charge in [-0.05, 0) is 20.4 Å². The van der Waals surface area contributed by atoms with Gasteiger partial charge < -0.3 is 14.0 Å². The summed E-state index contributed by atoms with van der Waals surface area (Å²) in [7, 11) is 2.00. The largest absolute Gasteiger partial charge is 0.361 e. The standard InChI is InChI=1S/C17H25N5O2/c1-5-21-8-9-22(11-15(21)17-18-6-7-20(17)4)16(23)10-14-12(2)19-24-13(14)3/h6-7,15H,5,8-11H2,1-4H3/t15-/m0/s1. The fourth-order valence-corrected chi connectivity index (χ4v) is 3.39. The summed E-state index contributed by atoms with van der Waals surface area (Å²) in [6, 6.07) is 0.136. The normalized spacial score (nSPS) is 19.0.